The van der Waals surface area contributed by atoms with Gasteiger partial charge in [-0.25, -0.2) is 8.42 Å². The van der Waals surface area contributed by atoms with Crippen molar-refractivity contribution in [2.24, 2.45) is 0 Å². The first kappa shape index (κ1) is 22.0. The van der Waals surface area contributed by atoms with Gasteiger partial charge in [-0.15, -0.1) is 11.8 Å². The number of anilines is 1. The first-order chi connectivity index (χ1) is 11.4. The van der Waals surface area contributed by atoms with Crippen LogP contribution in [-0.4, -0.2) is 42.2 Å². The van der Waals surface area contributed by atoms with Gasteiger partial charge in [0.1, 0.15) is 0 Å². The average molecular weight is 387 g/mol. The molecular formula is C18H30N2O3S2. The van der Waals surface area contributed by atoms with Gasteiger partial charge in [0, 0.05) is 23.5 Å². The molecule has 1 N–H and O–H groups in total. The van der Waals surface area contributed by atoms with Gasteiger partial charge < -0.3 is 5.32 Å². The number of benzene rings is 1. The molecule has 0 aromatic heterocycles. The Balaban J connectivity index is 3.14. The molecule has 1 amide bonds. The third-order valence-corrected chi connectivity index (χ3v) is 7.19. The van der Waals surface area contributed by atoms with Crippen LogP contribution in [-0.2, 0) is 14.8 Å². The van der Waals surface area contributed by atoms with Crippen molar-refractivity contribution in [3.05, 3.63) is 23.3 Å². The fraction of sp³-hybridized carbons (Fsp3) is 0.611. The molecule has 0 saturated heterocycles. The maximum absolute atomic E-state index is 12.8. The molecule has 0 saturated carbocycles. The quantitative estimate of drug-likeness (QED) is 0.774. The highest BCUT2D eigenvalue weighted by atomic mass is 32.2. The monoisotopic (exact) mass is 386 g/mol. The minimum Gasteiger partial charge on any atom is -0.325 e. The minimum atomic E-state index is -3.56. The number of nitrogens with zero attached hydrogens (tertiary/aromatic N) is 1. The standard InChI is InChI=1S/C18H30N2O3S2/c1-8-20(9-2)25(22,23)15-10-13(3)14(4)16(11-15)19-17(21)12-24-18(5,6)7/h10-11H,8-9,12H2,1-7H3,(H,19,21). The molecule has 0 fully saturated rings. The summed E-state index contributed by atoms with van der Waals surface area (Å²) < 4.78 is 26.9. The zero-order valence-corrected chi connectivity index (χ0v) is 17.9. The van der Waals surface area contributed by atoms with E-state index >= 15 is 0 Å². The van der Waals surface area contributed by atoms with Crippen molar-refractivity contribution >= 4 is 33.4 Å². The summed E-state index contributed by atoms with van der Waals surface area (Å²) in [7, 11) is -3.56. The normalized spacial score (nSPS) is 12.5. The SMILES string of the molecule is CCN(CC)S(=O)(=O)c1cc(C)c(C)c(NC(=O)CSC(C)(C)C)c1. The van der Waals surface area contributed by atoms with Crippen LogP contribution in [0.2, 0.25) is 0 Å². The van der Waals surface area contributed by atoms with Gasteiger partial charge in [-0.05, 0) is 37.1 Å². The molecule has 0 aliphatic rings. The molecule has 142 valence electrons. The molecule has 0 radical (unpaired) electrons. The number of carbonyl (C=O) groups excluding carboxylic acids is 1. The molecule has 0 heterocycles. The largest absolute Gasteiger partial charge is 0.325 e. The van der Waals surface area contributed by atoms with Gasteiger partial charge >= 0.3 is 0 Å². The molecule has 0 unspecified atom stereocenters. The van der Waals surface area contributed by atoms with Crippen LogP contribution in [0, 0.1) is 13.8 Å². The van der Waals surface area contributed by atoms with E-state index in [1.807, 2.05) is 27.7 Å². The van der Waals surface area contributed by atoms with Crippen molar-refractivity contribution < 1.29 is 13.2 Å². The molecule has 5 nitrogen and oxygen atoms in total. The highest BCUT2D eigenvalue weighted by Gasteiger charge is 2.23. The molecule has 0 spiro atoms. The predicted molar refractivity (Wildman–Crippen MR) is 107 cm³/mol. The van der Waals surface area contributed by atoms with Crippen LogP contribution in [0.5, 0.6) is 0 Å². The highest BCUT2D eigenvalue weighted by molar-refractivity contribution is 8.01. The fourth-order valence-corrected chi connectivity index (χ4v) is 4.49. The zero-order valence-electron chi connectivity index (χ0n) is 16.3. The van der Waals surface area contributed by atoms with E-state index in [0.29, 0.717) is 24.5 Å². The number of nitrogens with one attached hydrogen (secondary N) is 1. The smallest absolute Gasteiger partial charge is 0.243 e. The number of amides is 1. The maximum atomic E-state index is 12.8. The minimum absolute atomic E-state index is 0.00373. The van der Waals surface area contributed by atoms with Gasteiger partial charge in [0.25, 0.3) is 0 Å². The van der Waals surface area contributed by atoms with Crippen LogP contribution in [0.3, 0.4) is 0 Å². The lowest BCUT2D eigenvalue weighted by Gasteiger charge is -2.21. The first-order valence-electron chi connectivity index (χ1n) is 8.47. The van der Waals surface area contributed by atoms with Crippen LogP contribution in [0.25, 0.3) is 0 Å². The van der Waals surface area contributed by atoms with E-state index in [4.69, 9.17) is 0 Å². The van der Waals surface area contributed by atoms with Crippen molar-refractivity contribution in [2.75, 3.05) is 24.2 Å². The highest BCUT2D eigenvalue weighted by Crippen LogP contribution is 2.27. The van der Waals surface area contributed by atoms with Crippen LogP contribution in [0.4, 0.5) is 5.69 Å². The van der Waals surface area contributed by atoms with E-state index in [1.165, 1.54) is 4.31 Å². The second-order valence-electron chi connectivity index (χ2n) is 6.95. The van der Waals surface area contributed by atoms with E-state index in [9.17, 15) is 13.2 Å². The van der Waals surface area contributed by atoms with Crippen molar-refractivity contribution in [3.8, 4) is 0 Å². The molecule has 0 aliphatic carbocycles. The van der Waals surface area contributed by atoms with Gasteiger partial charge in [-0.2, -0.15) is 4.31 Å². The molecule has 0 aliphatic heterocycles. The van der Waals surface area contributed by atoms with Crippen molar-refractivity contribution in [1.29, 1.82) is 0 Å². The second kappa shape index (κ2) is 8.56. The third-order valence-electron chi connectivity index (χ3n) is 3.89. The van der Waals surface area contributed by atoms with Gasteiger partial charge in [0.05, 0.1) is 10.6 Å². The van der Waals surface area contributed by atoms with E-state index < -0.39 is 10.0 Å². The molecule has 7 heteroatoms. The van der Waals surface area contributed by atoms with Crippen LogP contribution < -0.4 is 5.32 Å². The van der Waals surface area contributed by atoms with Gasteiger partial charge in [0.15, 0.2) is 0 Å². The molecular weight excluding hydrogens is 356 g/mol. The summed E-state index contributed by atoms with van der Waals surface area (Å²) in [6.07, 6.45) is 0. The third kappa shape index (κ3) is 6.01. The molecule has 0 bridgehead atoms. The Morgan fingerprint density at radius 1 is 1.16 bits per heavy atom. The Morgan fingerprint density at radius 2 is 1.72 bits per heavy atom. The summed E-state index contributed by atoms with van der Waals surface area (Å²) in [5.41, 5.74) is 2.28. The summed E-state index contributed by atoms with van der Waals surface area (Å²) in [6, 6.07) is 3.23. The number of carbonyl (C=O) groups is 1. The number of hydrogen-bond acceptors (Lipinski definition) is 4. The van der Waals surface area contributed by atoms with E-state index in [2.05, 4.69) is 26.1 Å². The summed E-state index contributed by atoms with van der Waals surface area (Å²) in [4.78, 5) is 12.5. The molecule has 25 heavy (non-hydrogen) atoms. The van der Waals surface area contributed by atoms with Crippen molar-refractivity contribution in [1.82, 2.24) is 4.31 Å². The van der Waals surface area contributed by atoms with Gasteiger partial charge in [-0.3, -0.25) is 4.79 Å². The lowest BCUT2D eigenvalue weighted by atomic mass is 10.1. The summed E-state index contributed by atoms with van der Waals surface area (Å²) in [5.74, 6) is 0.203. The Hall–Kier alpha value is -1.05. The Kier molecular flexibility index (Phi) is 7.53. The predicted octanol–water partition coefficient (Wildman–Crippen LogP) is 3.80. The maximum Gasteiger partial charge on any atom is 0.243 e. The zero-order chi connectivity index (χ0) is 19.4. The number of rotatable bonds is 7. The number of aryl methyl sites for hydroxylation is 1. The average Bonchev–Trinajstić information content (AvgIpc) is 2.49. The van der Waals surface area contributed by atoms with Crippen LogP contribution in [0.15, 0.2) is 17.0 Å². The number of hydrogen-bond donors (Lipinski definition) is 1. The number of sulfonamides is 1. The topological polar surface area (TPSA) is 66.5 Å². The van der Waals surface area contributed by atoms with Gasteiger partial charge in [-0.1, -0.05) is 34.6 Å². The molecule has 1 aromatic carbocycles. The first-order valence-corrected chi connectivity index (χ1v) is 10.9. The van der Waals surface area contributed by atoms with E-state index in [0.717, 1.165) is 11.1 Å². The summed E-state index contributed by atoms with van der Waals surface area (Å²) >= 11 is 1.55. The van der Waals surface area contributed by atoms with Crippen LogP contribution in [0.1, 0.15) is 45.7 Å². The fourth-order valence-electron chi connectivity index (χ4n) is 2.29. The van der Waals surface area contributed by atoms with Gasteiger partial charge in [0.2, 0.25) is 15.9 Å². The lowest BCUT2D eigenvalue weighted by molar-refractivity contribution is -0.113. The summed E-state index contributed by atoms with van der Waals surface area (Å²) in [6.45, 7) is 14.4. The Bertz CT molecular complexity index is 719. The van der Waals surface area contributed by atoms with Crippen LogP contribution >= 0.6 is 11.8 Å². The van der Waals surface area contributed by atoms with Crippen molar-refractivity contribution in [3.63, 3.8) is 0 Å². The summed E-state index contributed by atoms with van der Waals surface area (Å²) in [5, 5.41) is 2.87. The Morgan fingerprint density at radius 3 is 2.20 bits per heavy atom. The Labute approximate surface area is 156 Å². The second-order valence-corrected chi connectivity index (χ2v) is 10.7. The molecule has 0 atom stereocenters. The van der Waals surface area contributed by atoms with Crippen molar-refractivity contribution in [2.45, 2.75) is 58.1 Å². The molecule has 1 aromatic rings. The molecule has 1 rings (SSSR count). The van der Waals surface area contributed by atoms with E-state index in [-0.39, 0.29) is 15.5 Å². The lowest BCUT2D eigenvalue weighted by Crippen LogP contribution is -2.30. The number of thioether (sulfide) groups is 1. The van der Waals surface area contributed by atoms with E-state index in [1.54, 1.807) is 23.9 Å².